The Morgan fingerprint density at radius 2 is 1.11 bits per heavy atom. The Balaban J connectivity index is 1.49. The Morgan fingerprint density at radius 3 is 1.60 bits per heavy atom. The van der Waals surface area contributed by atoms with Gasteiger partial charge in [-0.2, -0.15) is 0 Å². The first-order valence-corrected chi connectivity index (χ1v) is 10.7. The minimum Gasteiger partial charge on any atom is -0.490 e. The number of rotatable bonds is 10. The van der Waals surface area contributed by atoms with Gasteiger partial charge in [0.05, 0.1) is 0 Å². The minimum atomic E-state index is -0.518. The van der Waals surface area contributed by atoms with Crippen LogP contribution in [0.2, 0.25) is 0 Å². The van der Waals surface area contributed by atoms with Gasteiger partial charge in [0.1, 0.15) is 42.0 Å². The zero-order chi connectivity index (χ0) is 25.4. The maximum atomic E-state index is 14.7. The summed E-state index contributed by atoms with van der Waals surface area (Å²) in [4.78, 5) is 23.1. The van der Waals surface area contributed by atoms with E-state index >= 15 is 0 Å². The summed E-state index contributed by atoms with van der Waals surface area (Å²) in [7, 11) is 0. The SMILES string of the molecule is C=C(C)C(=O)Oc1ccc(OCCOc2ccc(-c3ccc(OC(=O)C(=C)C)cc3)c(F)c2)cc1. The van der Waals surface area contributed by atoms with Crippen molar-refractivity contribution >= 4 is 11.9 Å². The zero-order valence-corrected chi connectivity index (χ0v) is 19.5. The number of benzene rings is 3. The maximum absolute atomic E-state index is 14.7. The third kappa shape index (κ3) is 7.30. The molecular weight excluding hydrogens is 451 g/mol. The molecule has 0 saturated heterocycles. The van der Waals surface area contributed by atoms with E-state index in [0.717, 1.165) is 0 Å². The standard InChI is InChI=1S/C28H25FO6/c1-18(2)27(30)34-22-7-5-20(6-8-22)25-14-13-24(17-26(25)29)33-16-15-32-21-9-11-23(12-10-21)35-28(31)19(3)4/h5-14,17H,1,3,15-16H2,2,4H3. The molecule has 3 aromatic carbocycles. The van der Waals surface area contributed by atoms with Crippen LogP contribution in [0.3, 0.4) is 0 Å². The van der Waals surface area contributed by atoms with Crippen LogP contribution in [-0.2, 0) is 9.59 Å². The fourth-order valence-corrected chi connectivity index (χ4v) is 2.83. The van der Waals surface area contributed by atoms with E-state index in [1.807, 2.05) is 0 Å². The van der Waals surface area contributed by atoms with Gasteiger partial charge in [-0.1, -0.05) is 25.3 Å². The predicted molar refractivity (Wildman–Crippen MR) is 130 cm³/mol. The second-order valence-corrected chi connectivity index (χ2v) is 7.67. The van der Waals surface area contributed by atoms with Gasteiger partial charge < -0.3 is 18.9 Å². The quantitative estimate of drug-likeness (QED) is 0.157. The highest BCUT2D eigenvalue weighted by molar-refractivity contribution is 5.89. The summed E-state index contributed by atoms with van der Waals surface area (Å²) in [5.41, 5.74) is 1.62. The Bertz CT molecular complexity index is 1230. The van der Waals surface area contributed by atoms with Crippen molar-refractivity contribution < 1.29 is 32.9 Å². The molecule has 0 N–H and O–H groups in total. The Labute approximate surface area is 203 Å². The van der Waals surface area contributed by atoms with Crippen molar-refractivity contribution in [3.63, 3.8) is 0 Å². The first kappa shape index (κ1) is 25.2. The van der Waals surface area contributed by atoms with Gasteiger partial charge in [0.2, 0.25) is 0 Å². The molecule has 0 fully saturated rings. The summed E-state index contributed by atoms with van der Waals surface area (Å²) in [6.07, 6.45) is 0. The number of carbonyl (C=O) groups excluding carboxylic acids is 2. The lowest BCUT2D eigenvalue weighted by atomic mass is 10.0. The van der Waals surface area contributed by atoms with Crippen molar-refractivity contribution in [3.05, 3.63) is 96.9 Å². The van der Waals surface area contributed by atoms with Gasteiger partial charge in [-0.3, -0.25) is 0 Å². The summed E-state index contributed by atoms with van der Waals surface area (Å²) >= 11 is 0. The molecule has 35 heavy (non-hydrogen) atoms. The smallest absolute Gasteiger partial charge is 0.338 e. The largest absolute Gasteiger partial charge is 0.490 e. The summed E-state index contributed by atoms with van der Waals surface area (Å²) in [6, 6.07) is 17.7. The Kier molecular flexibility index (Phi) is 8.40. The lowest BCUT2D eigenvalue weighted by Gasteiger charge is -2.11. The van der Waals surface area contributed by atoms with Crippen molar-refractivity contribution in [2.45, 2.75) is 13.8 Å². The second-order valence-electron chi connectivity index (χ2n) is 7.67. The van der Waals surface area contributed by atoms with Crippen LogP contribution in [0.25, 0.3) is 11.1 Å². The normalized spacial score (nSPS) is 10.3. The van der Waals surface area contributed by atoms with Gasteiger partial charge in [0, 0.05) is 22.8 Å². The molecule has 6 nitrogen and oxygen atoms in total. The molecule has 0 aliphatic heterocycles. The van der Waals surface area contributed by atoms with Crippen LogP contribution in [0.4, 0.5) is 4.39 Å². The molecule has 3 aromatic rings. The number of esters is 2. The summed E-state index contributed by atoms with van der Waals surface area (Å²) in [5, 5.41) is 0. The molecule has 180 valence electrons. The topological polar surface area (TPSA) is 71.1 Å². The van der Waals surface area contributed by atoms with Gasteiger partial charge in [-0.15, -0.1) is 0 Å². The van der Waals surface area contributed by atoms with E-state index in [9.17, 15) is 14.0 Å². The van der Waals surface area contributed by atoms with Crippen LogP contribution in [0.15, 0.2) is 91.0 Å². The molecule has 0 amide bonds. The molecule has 0 aliphatic rings. The van der Waals surface area contributed by atoms with Gasteiger partial charge in [-0.05, 0) is 67.9 Å². The fourth-order valence-electron chi connectivity index (χ4n) is 2.83. The summed E-state index contributed by atoms with van der Waals surface area (Å²) in [6.45, 7) is 10.6. The molecule has 0 radical (unpaired) electrons. The van der Waals surface area contributed by atoms with Crippen molar-refractivity contribution in [2.24, 2.45) is 0 Å². The molecule has 0 unspecified atom stereocenters. The van der Waals surface area contributed by atoms with E-state index in [4.69, 9.17) is 18.9 Å². The van der Waals surface area contributed by atoms with Gasteiger partial charge in [0.25, 0.3) is 0 Å². The predicted octanol–water partition coefficient (Wildman–Crippen LogP) is 5.91. The first-order chi connectivity index (χ1) is 16.7. The first-order valence-electron chi connectivity index (χ1n) is 10.7. The molecule has 0 aromatic heterocycles. The van der Waals surface area contributed by atoms with E-state index in [0.29, 0.717) is 45.3 Å². The van der Waals surface area contributed by atoms with Crippen molar-refractivity contribution in [3.8, 4) is 34.1 Å². The number of carbonyl (C=O) groups is 2. The highest BCUT2D eigenvalue weighted by Gasteiger charge is 2.10. The van der Waals surface area contributed by atoms with Crippen LogP contribution in [-0.4, -0.2) is 25.2 Å². The van der Waals surface area contributed by atoms with E-state index in [2.05, 4.69) is 13.2 Å². The lowest BCUT2D eigenvalue weighted by molar-refractivity contribution is -0.130. The third-order valence-electron chi connectivity index (χ3n) is 4.67. The number of halogens is 1. The van der Waals surface area contributed by atoms with Crippen LogP contribution in [0.5, 0.6) is 23.0 Å². The molecular formula is C28H25FO6. The molecule has 0 spiro atoms. The Hall–Kier alpha value is -4.39. The molecule has 7 heteroatoms. The molecule has 0 aliphatic carbocycles. The highest BCUT2D eigenvalue weighted by atomic mass is 19.1. The molecule has 3 rings (SSSR count). The third-order valence-corrected chi connectivity index (χ3v) is 4.67. The van der Waals surface area contributed by atoms with Gasteiger partial charge in [-0.25, -0.2) is 14.0 Å². The van der Waals surface area contributed by atoms with Crippen LogP contribution in [0, 0.1) is 5.82 Å². The van der Waals surface area contributed by atoms with E-state index in [-0.39, 0.29) is 13.2 Å². The van der Waals surface area contributed by atoms with Gasteiger partial charge in [0.15, 0.2) is 0 Å². The molecule has 0 heterocycles. The van der Waals surface area contributed by atoms with Crippen molar-refractivity contribution in [1.29, 1.82) is 0 Å². The molecule has 0 atom stereocenters. The zero-order valence-electron chi connectivity index (χ0n) is 19.5. The number of hydrogen-bond acceptors (Lipinski definition) is 6. The van der Waals surface area contributed by atoms with E-state index in [1.165, 1.54) is 6.07 Å². The van der Waals surface area contributed by atoms with Crippen molar-refractivity contribution in [1.82, 2.24) is 0 Å². The molecule has 0 saturated carbocycles. The Morgan fingerprint density at radius 1 is 0.686 bits per heavy atom. The fraction of sp³-hybridized carbons (Fsp3) is 0.143. The van der Waals surface area contributed by atoms with E-state index in [1.54, 1.807) is 74.5 Å². The van der Waals surface area contributed by atoms with E-state index < -0.39 is 17.8 Å². The summed E-state index contributed by atoms with van der Waals surface area (Å²) in [5.74, 6) is 0.216. The average molecular weight is 477 g/mol. The van der Waals surface area contributed by atoms with Crippen molar-refractivity contribution in [2.75, 3.05) is 13.2 Å². The van der Waals surface area contributed by atoms with Crippen LogP contribution < -0.4 is 18.9 Å². The summed E-state index contributed by atoms with van der Waals surface area (Å²) < 4.78 is 36.1. The average Bonchev–Trinajstić information content (AvgIpc) is 2.83. The minimum absolute atomic E-state index is 0.202. The monoisotopic (exact) mass is 476 g/mol. The highest BCUT2D eigenvalue weighted by Crippen LogP contribution is 2.28. The van der Waals surface area contributed by atoms with Crippen LogP contribution in [0.1, 0.15) is 13.8 Å². The number of hydrogen-bond donors (Lipinski definition) is 0. The maximum Gasteiger partial charge on any atom is 0.338 e. The van der Waals surface area contributed by atoms with Crippen LogP contribution >= 0.6 is 0 Å². The molecule has 0 bridgehead atoms. The second kappa shape index (κ2) is 11.7. The number of ether oxygens (including phenoxy) is 4. The lowest BCUT2D eigenvalue weighted by Crippen LogP contribution is -2.10. The van der Waals surface area contributed by atoms with Gasteiger partial charge >= 0.3 is 11.9 Å².